The maximum absolute atomic E-state index is 12.6. The number of aromatic nitrogens is 2. The van der Waals surface area contributed by atoms with E-state index < -0.39 is 0 Å². The molecule has 0 aliphatic rings. The lowest BCUT2D eigenvalue weighted by Crippen LogP contribution is -2.36. The number of amides is 1. The predicted molar refractivity (Wildman–Crippen MR) is 124 cm³/mol. The third-order valence-electron chi connectivity index (χ3n) is 4.57. The number of anilines is 1. The van der Waals surface area contributed by atoms with E-state index in [-0.39, 0.29) is 5.91 Å². The van der Waals surface area contributed by atoms with Gasteiger partial charge in [0, 0.05) is 46.2 Å². The van der Waals surface area contributed by atoms with Crippen molar-refractivity contribution in [2.24, 2.45) is 4.99 Å². The van der Waals surface area contributed by atoms with Gasteiger partial charge in [-0.2, -0.15) is 0 Å². The summed E-state index contributed by atoms with van der Waals surface area (Å²) >= 11 is 3.46. The molecule has 4 aromatic rings. The molecule has 3 N–H and O–H groups in total. The average Bonchev–Trinajstić information content (AvgIpc) is 3.17. The molecule has 150 valence electrons. The van der Waals surface area contributed by atoms with Gasteiger partial charge in [-0.25, -0.2) is 0 Å². The molecule has 30 heavy (non-hydrogen) atoms. The Hall–Kier alpha value is -3.45. The molecule has 0 aliphatic heterocycles. The summed E-state index contributed by atoms with van der Waals surface area (Å²) in [6.07, 6.45) is 5.91. The van der Waals surface area contributed by atoms with Crippen molar-refractivity contribution in [2.75, 3.05) is 11.9 Å². The highest BCUT2D eigenvalue weighted by Crippen LogP contribution is 2.18. The maximum atomic E-state index is 12.6. The van der Waals surface area contributed by atoms with E-state index in [4.69, 9.17) is 0 Å². The minimum absolute atomic E-state index is 0.267. The summed E-state index contributed by atoms with van der Waals surface area (Å²) in [7, 11) is 0. The summed E-state index contributed by atoms with van der Waals surface area (Å²) < 4.78 is 0.934. The van der Waals surface area contributed by atoms with Crippen LogP contribution in [-0.2, 0) is 6.42 Å². The smallest absolute Gasteiger partial charge is 0.259 e. The molecule has 6 nitrogen and oxygen atoms in total. The Kier molecular flexibility index (Phi) is 6.20. The number of aromatic amines is 1. The summed E-state index contributed by atoms with van der Waals surface area (Å²) in [5, 5.41) is 7.24. The van der Waals surface area contributed by atoms with Crippen LogP contribution in [0.5, 0.6) is 0 Å². The zero-order chi connectivity index (χ0) is 20.8. The number of aliphatic imine (C=N–C) groups is 1. The standard InChI is InChI=1S/C23H20BrN5O/c24-18-6-3-7-19(13-18)28-23(29-22(30)17-5-4-11-25-14-17)26-12-10-16-15-27-21-9-2-1-8-20(16)21/h1-9,11,13-15,27H,10,12H2,(H2,26,28,29,30). The number of guanidine groups is 1. The lowest BCUT2D eigenvalue weighted by Gasteiger charge is -2.12. The van der Waals surface area contributed by atoms with Crippen molar-refractivity contribution in [3.05, 3.63) is 94.9 Å². The highest BCUT2D eigenvalue weighted by molar-refractivity contribution is 9.10. The largest absolute Gasteiger partial charge is 0.361 e. The zero-order valence-electron chi connectivity index (χ0n) is 16.1. The minimum Gasteiger partial charge on any atom is -0.361 e. The maximum Gasteiger partial charge on any atom is 0.259 e. The van der Waals surface area contributed by atoms with Crippen LogP contribution >= 0.6 is 15.9 Å². The summed E-state index contributed by atoms with van der Waals surface area (Å²) in [6.45, 7) is 0.519. The first-order chi connectivity index (χ1) is 14.7. The number of fused-ring (bicyclic) bond motifs is 1. The number of benzene rings is 2. The van der Waals surface area contributed by atoms with Crippen LogP contribution in [0.1, 0.15) is 15.9 Å². The molecule has 0 spiro atoms. The first kappa shape index (κ1) is 19.8. The molecule has 1 amide bonds. The van der Waals surface area contributed by atoms with Crippen LogP contribution in [-0.4, -0.2) is 28.4 Å². The van der Waals surface area contributed by atoms with Gasteiger partial charge in [0.1, 0.15) is 0 Å². The van der Waals surface area contributed by atoms with Gasteiger partial charge in [0.05, 0.1) is 5.56 Å². The molecule has 0 fully saturated rings. The second-order valence-electron chi connectivity index (χ2n) is 6.67. The van der Waals surface area contributed by atoms with Crippen molar-refractivity contribution in [3.8, 4) is 0 Å². The van der Waals surface area contributed by atoms with E-state index in [0.29, 0.717) is 18.1 Å². The summed E-state index contributed by atoms with van der Waals surface area (Å²) in [5.74, 6) is 0.123. The predicted octanol–water partition coefficient (Wildman–Crippen LogP) is 4.77. The number of nitrogens with one attached hydrogen (secondary N) is 3. The van der Waals surface area contributed by atoms with Gasteiger partial charge in [0.25, 0.3) is 5.91 Å². The van der Waals surface area contributed by atoms with Gasteiger partial charge in [-0.15, -0.1) is 0 Å². The van der Waals surface area contributed by atoms with Gasteiger partial charge in [0.2, 0.25) is 5.96 Å². The molecular weight excluding hydrogens is 442 g/mol. The highest BCUT2D eigenvalue weighted by atomic mass is 79.9. The number of rotatable bonds is 5. The van der Waals surface area contributed by atoms with Crippen molar-refractivity contribution in [3.63, 3.8) is 0 Å². The Morgan fingerprint density at radius 2 is 2.00 bits per heavy atom. The first-order valence-corrected chi connectivity index (χ1v) is 10.3. The first-order valence-electron chi connectivity index (χ1n) is 9.52. The fourth-order valence-corrected chi connectivity index (χ4v) is 3.52. The Labute approximate surface area is 182 Å². The summed E-state index contributed by atoms with van der Waals surface area (Å²) in [5.41, 5.74) is 3.59. The number of hydrogen-bond acceptors (Lipinski definition) is 3. The molecule has 7 heteroatoms. The molecule has 0 atom stereocenters. The number of para-hydroxylation sites is 1. The number of carbonyl (C=O) groups excluding carboxylic acids is 1. The summed E-state index contributed by atoms with van der Waals surface area (Å²) in [4.78, 5) is 24.5. The number of hydrogen-bond donors (Lipinski definition) is 3. The van der Waals surface area contributed by atoms with Gasteiger partial charge in [0.15, 0.2) is 0 Å². The molecule has 2 aromatic heterocycles. The van der Waals surface area contributed by atoms with Gasteiger partial charge >= 0.3 is 0 Å². The number of halogens is 1. The molecule has 0 saturated carbocycles. The lowest BCUT2D eigenvalue weighted by atomic mass is 10.1. The van der Waals surface area contributed by atoms with Crippen LogP contribution in [0, 0.1) is 0 Å². The third-order valence-corrected chi connectivity index (χ3v) is 5.06. The van der Waals surface area contributed by atoms with Crippen molar-refractivity contribution in [1.82, 2.24) is 15.3 Å². The van der Waals surface area contributed by atoms with Crippen molar-refractivity contribution in [2.45, 2.75) is 6.42 Å². The van der Waals surface area contributed by atoms with Crippen molar-refractivity contribution in [1.29, 1.82) is 0 Å². The second-order valence-corrected chi connectivity index (χ2v) is 7.59. The number of pyridine rings is 1. The van der Waals surface area contributed by atoms with Gasteiger partial charge < -0.3 is 10.3 Å². The Morgan fingerprint density at radius 3 is 2.83 bits per heavy atom. The van der Waals surface area contributed by atoms with Crippen molar-refractivity contribution < 1.29 is 4.79 Å². The number of carbonyl (C=O) groups is 1. The van der Waals surface area contributed by atoms with E-state index in [1.165, 1.54) is 17.1 Å². The van der Waals surface area contributed by atoms with Crippen LogP contribution < -0.4 is 10.6 Å². The summed E-state index contributed by atoms with van der Waals surface area (Å²) in [6, 6.07) is 19.3. The van der Waals surface area contributed by atoms with E-state index in [1.807, 2.05) is 42.6 Å². The fraction of sp³-hybridized carbons (Fsp3) is 0.0870. The SMILES string of the molecule is O=C(NC(=NCCc1c[nH]c2ccccc12)Nc1cccc(Br)c1)c1cccnc1. The van der Waals surface area contributed by atoms with Gasteiger partial charge in [-0.3, -0.25) is 20.1 Å². The Balaban J connectivity index is 1.51. The molecular formula is C23H20BrN5O. The molecule has 0 radical (unpaired) electrons. The van der Waals surface area contributed by atoms with E-state index >= 15 is 0 Å². The number of H-pyrrole nitrogens is 1. The number of nitrogens with zero attached hydrogens (tertiary/aromatic N) is 2. The van der Waals surface area contributed by atoms with E-state index in [0.717, 1.165) is 22.1 Å². The topological polar surface area (TPSA) is 82.2 Å². The van der Waals surface area contributed by atoms with E-state index in [1.54, 1.807) is 18.3 Å². The fourth-order valence-electron chi connectivity index (χ4n) is 3.12. The highest BCUT2D eigenvalue weighted by Gasteiger charge is 2.10. The average molecular weight is 462 g/mol. The monoisotopic (exact) mass is 461 g/mol. The molecule has 4 rings (SSSR count). The van der Waals surface area contributed by atoms with Gasteiger partial charge in [-0.05, 0) is 48.4 Å². The minimum atomic E-state index is -0.267. The van der Waals surface area contributed by atoms with Crippen LogP contribution in [0.4, 0.5) is 5.69 Å². The molecule has 0 bridgehead atoms. The second kappa shape index (κ2) is 9.37. The Bertz CT molecular complexity index is 1190. The van der Waals surface area contributed by atoms with E-state index in [9.17, 15) is 4.79 Å². The Morgan fingerprint density at radius 1 is 1.10 bits per heavy atom. The molecule has 0 unspecified atom stereocenters. The quantitative estimate of drug-likeness (QED) is 0.295. The zero-order valence-corrected chi connectivity index (χ0v) is 17.7. The van der Waals surface area contributed by atoms with E-state index in [2.05, 4.69) is 53.7 Å². The molecule has 2 aromatic carbocycles. The van der Waals surface area contributed by atoms with Crippen LogP contribution in [0.25, 0.3) is 10.9 Å². The van der Waals surface area contributed by atoms with Crippen molar-refractivity contribution >= 4 is 44.4 Å². The molecule has 0 aliphatic carbocycles. The molecule has 2 heterocycles. The van der Waals surface area contributed by atoms with Crippen LogP contribution in [0.2, 0.25) is 0 Å². The normalized spacial score (nSPS) is 11.4. The van der Waals surface area contributed by atoms with Gasteiger partial charge in [-0.1, -0.05) is 40.2 Å². The van der Waals surface area contributed by atoms with Crippen LogP contribution in [0.3, 0.4) is 0 Å². The lowest BCUT2D eigenvalue weighted by molar-refractivity contribution is 0.0976. The molecule has 0 saturated heterocycles. The van der Waals surface area contributed by atoms with Crippen LogP contribution in [0.15, 0.2) is 88.7 Å². The third kappa shape index (κ3) is 4.93.